The molecule has 1 aromatic carbocycles. The Morgan fingerprint density at radius 2 is 2.14 bits per heavy atom. The first-order valence-electron chi connectivity index (χ1n) is 6.93. The lowest BCUT2D eigenvalue weighted by molar-refractivity contribution is -0.125. The highest BCUT2D eigenvalue weighted by molar-refractivity contribution is 5.80. The van der Waals surface area contributed by atoms with Crippen LogP contribution in [0.25, 0.3) is 0 Å². The van der Waals surface area contributed by atoms with Gasteiger partial charge in [0.15, 0.2) is 0 Å². The van der Waals surface area contributed by atoms with Gasteiger partial charge in [0.25, 0.3) is 0 Å². The maximum absolute atomic E-state index is 12.2. The average molecular weight is 294 g/mol. The summed E-state index contributed by atoms with van der Waals surface area (Å²) in [5, 5.41) is 6.04. The predicted molar refractivity (Wildman–Crippen MR) is 78.5 cm³/mol. The zero-order chi connectivity index (χ0) is 15.2. The molecule has 1 aliphatic rings. The Labute approximate surface area is 124 Å². The Morgan fingerprint density at radius 3 is 2.81 bits per heavy atom. The van der Waals surface area contributed by atoms with Crippen LogP contribution in [0.3, 0.4) is 0 Å². The van der Waals surface area contributed by atoms with Crippen molar-refractivity contribution in [3.05, 3.63) is 23.8 Å². The fourth-order valence-electron chi connectivity index (χ4n) is 2.43. The molecule has 0 saturated carbocycles. The fourth-order valence-corrected chi connectivity index (χ4v) is 2.43. The largest absolute Gasteiger partial charge is 0.497 e. The van der Waals surface area contributed by atoms with Crippen LogP contribution in [0.15, 0.2) is 18.2 Å². The smallest absolute Gasteiger partial charge is 0.227 e. The summed E-state index contributed by atoms with van der Waals surface area (Å²) in [5.74, 6) is 1.28. The van der Waals surface area contributed by atoms with Crippen LogP contribution in [-0.2, 0) is 16.1 Å². The maximum Gasteiger partial charge on any atom is 0.227 e. The van der Waals surface area contributed by atoms with Gasteiger partial charge in [-0.05, 0) is 25.2 Å². The number of hydrogen-bond acceptors (Lipinski definition) is 5. The molecule has 1 fully saturated rings. The summed E-state index contributed by atoms with van der Waals surface area (Å²) in [6.07, 6.45) is 0. The Balaban J connectivity index is 2.00. The van der Waals surface area contributed by atoms with E-state index in [1.54, 1.807) is 14.2 Å². The summed E-state index contributed by atoms with van der Waals surface area (Å²) >= 11 is 0. The third-order valence-electron chi connectivity index (χ3n) is 3.73. The molecule has 21 heavy (non-hydrogen) atoms. The third kappa shape index (κ3) is 3.65. The summed E-state index contributed by atoms with van der Waals surface area (Å²) in [4.78, 5) is 12.2. The third-order valence-corrected chi connectivity index (χ3v) is 3.73. The number of hydrogen-bond donors (Lipinski definition) is 2. The number of carbonyl (C=O) groups excluding carboxylic acids is 1. The number of nitrogens with one attached hydrogen (secondary N) is 2. The molecular weight excluding hydrogens is 272 g/mol. The van der Waals surface area contributed by atoms with Crippen LogP contribution < -0.4 is 20.1 Å². The van der Waals surface area contributed by atoms with Crippen LogP contribution in [0.5, 0.6) is 11.5 Å². The summed E-state index contributed by atoms with van der Waals surface area (Å²) < 4.78 is 15.8. The molecule has 1 amide bonds. The zero-order valence-corrected chi connectivity index (χ0v) is 12.6. The Hall–Kier alpha value is -1.79. The van der Waals surface area contributed by atoms with Crippen LogP contribution in [-0.4, -0.2) is 46.4 Å². The maximum atomic E-state index is 12.2. The molecule has 2 atom stereocenters. The van der Waals surface area contributed by atoms with Gasteiger partial charge in [0.1, 0.15) is 11.5 Å². The predicted octanol–water partition coefficient (Wildman–Crippen LogP) is 0.554. The highest BCUT2D eigenvalue weighted by Gasteiger charge is 2.32. The van der Waals surface area contributed by atoms with Crippen LogP contribution in [0, 0.1) is 5.92 Å². The molecule has 1 aliphatic heterocycles. The van der Waals surface area contributed by atoms with Crippen molar-refractivity contribution in [2.24, 2.45) is 5.92 Å². The topological polar surface area (TPSA) is 68.8 Å². The van der Waals surface area contributed by atoms with Crippen molar-refractivity contribution in [1.29, 1.82) is 0 Å². The van der Waals surface area contributed by atoms with Gasteiger partial charge in [-0.25, -0.2) is 0 Å². The Bertz CT molecular complexity index is 493. The number of ether oxygens (including phenoxy) is 3. The molecule has 116 valence electrons. The lowest BCUT2D eigenvalue weighted by Gasteiger charge is -2.17. The minimum atomic E-state index is -0.161. The minimum Gasteiger partial charge on any atom is -0.497 e. The van der Waals surface area contributed by atoms with Crippen molar-refractivity contribution in [1.82, 2.24) is 10.6 Å². The number of rotatable bonds is 6. The van der Waals surface area contributed by atoms with E-state index < -0.39 is 0 Å². The van der Waals surface area contributed by atoms with Gasteiger partial charge in [0.05, 0.1) is 33.4 Å². The molecule has 0 spiro atoms. The van der Waals surface area contributed by atoms with Gasteiger partial charge in [-0.3, -0.25) is 4.79 Å². The standard InChI is InChI=1S/C15H22N2O4/c1-16-13-9-21-8-12(13)15(18)17-7-10-6-11(19-2)4-5-14(10)20-3/h4-6,12-13,16H,7-9H2,1-3H3,(H,17,18). The molecule has 1 heterocycles. The number of carbonyl (C=O) groups is 1. The molecular formula is C15H22N2O4. The van der Waals surface area contributed by atoms with Gasteiger partial charge in [-0.2, -0.15) is 0 Å². The van der Waals surface area contributed by atoms with Crippen molar-refractivity contribution < 1.29 is 19.0 Å². The number of methoxy groups -OCH3 is 2. The summed E-state index contributed by atoms with van der Waals surface area (Å²) in [5.41, 5.74) is 0.880. The van der Waals surface area contributed by atoms with Gasteiger partial charge in [0, 0.05) is 18.2 Å². The Morgan fingerprint density at radius 1 is 1.33 bits per heavy atom. The van der Waals surface area contributed by atoms with Crippen LogP contribution in [0.4, 0.5) is 0 Å². The lowest BCUT2D eigenvalue weighted by Crippen LogP contribution is -2.42. The van der Waals surface area contributed by atoms with Gasteiger partial charge in [-0.1, -0.05) is 0 Å². The van der Waals surface area contributed by atoms with Crippen molar-refractivity contribution in [3.63, 3.8) is 0 Å². The fraction of sp³-hybridized carbons (Fsp3) is 0.533. The van der Waals surface area contributed by atoms with Crippen molar-refractivity contribution in [3.8, 4) is 11.5 Å². The first-order chi connectivity index (χ1) is 10.2. The SMILES string of the molecule is CNC1COCC1C(=O)NCc1cc(OC)ccc1OC. The van der Waals surface area contributed by atoms with Crippen molar-refractivity contribution >= 4 is 5.91 Å². The van der Waals surface area contributed by atoms with E-state index >= 15 is 0 Å². The molecule has 6 nitrogen and oxygen atoms in total. The van der Waals surface area contributed by atoms with Crippen LogP contribution >= 0.6 is 0 Å². The van der Waals surface area contributed by atoms with E-state index in [1.807, 2.05) is 25.2 Å². The minimum absolute atomic E-state index is 0.0169. The van der Waals surface area contributed by atoms with E-state index in [1.165, 1.54) is 0 Å². The zero-order valence-electron chi connectivity index (χ0n) is 12.6. The monoisotopic (exact) mass is 294 g/mol. The molecule has 2 rings (SSSR count). The van der Waals surface area contributed by atoms with Gasteiger partial charge in [0.2, 0.25) is 5.91 Å². The summed E-state index contributed by atoms with van der Waals surface area (Å²) in [7, 11) is 5.05. The molecule has 6 heteroatoms. The summed E-state index contributed by atoms with van der Waals surface area (Å²) in [6.45, 7) is 1.41. The molecule has 2 unspecified atom stereocenters. The second-order valence-corrected chi connectivity index (χ2v) is 4.93. The van der Waals surface area contributed by atoms with E-state index in [0.717, 1.165) is 17.1 Å². The molecule has 0 bridgehead atoms. The van der Waals surface area contributed by atoms with E-state index in [2.05, 4.69) is 10.6 Å². The Kier molecular flexibility index (Phi) is 5.41. The molecule has 0 aliphatic carbocycles. The highest BCUT2D eigenvalue weighted by Crippen LogP contribution is 2.24. The van der Waals surface area contributed by atoms with E-state index in [-0.39, 0.29) is 17.9 Å². The molecule has 1 saturated heterocycles. The first kappa shape index (κ1) is 15.6. The van der Waals surface area contributed by atoms with Gasteiger partial charge < -0.3 is 24.8 Å². The van der Waals surface area contributed by atoms with E-state index in [0.29, 0.717) is 19.8 Å². The van der Waals surface area contributed by atoms with Crippen LogP contribution in [0.1, 0.15) is 5.56 Å². The van der Waals surface area contributed by atoms with Crippen LogP contribution in [0.2, 0.25) is 0 Å². The molecule has 0 aromatic heterocycles. The van der Waals surface area contributed by atoms with Gasteiger partial charge in [-0.15, -0.1) is 0 Å². The lowest BCUT2D eigenvalue weighted by atomic mass is 10.0. The van der Waals surface area contributed by atoms with E-state index in [4.69, 9.17) is 14.2 Å². The van der Waals surface area contributed by atoms with Crippen molar-refractivity contribution in [2.45, 2.75) is 12.6 Å². The number of amides is 1. The molecule has 2 N–H and O–H groups in total. The molecule has 0 radical (unpaired) electrons. The van der Waals surface area contributed by atoms with Crippen molar-refractivity contribution in [2.75, 3.05) is 34.5 Å². The normalized spacial score (nSPS) is 21.1. The first-order valence-corrected chi connectivity index (χ1v) is 6.93. The number of benzene rings is 1. The van der Waals surface area contributed by atoms with E-state index in [9.17, 15) is 4.79 Å². The number of likely N-dealkylation sites (N-methyl/N-ethyl adjacent to an activating group) is 1. The highest BCUT2D eigenvalue weighted by atomic mass is 16.5. The average Bonchev–Trinajstić information content (AvgIpc) is 3.00. The molecule has 1 aromatic rings. The second-order valence-electron chi connectivity index (χ2n) is 4.93. The quantitative estimate of drug-likeness (QED) is 0.802. The summed E-state index contributed by atoms with van der Waals surface area (Å²) in [6, 6.07) is 5.58. The second kappa shape index (κ2) is 7.28. The van der Waals surface area contributed by atoms with Gasteiger partial charge >= 0.3 is 0 Å².